The second-order valence-electron chi connectivity index (χ2n) is 7.26. The Bertz CT molecular complexity index is 911. The average molecular weight is 362 g/mol. The molecule has 3 rings (SSSR count). The zero-order chi connectivity index (χ0) is 19.4. The Kier molecular flexibility index (Phi) is 5.69. The van der Waals surface area contributed by atoms with Gasteiger partial charge in [0.05, 0.1) is 34.9 Å². The van der Waals surface area contributed by atoms with Crippen LogP contribution in [0.2, 0.25) is 0 Å². The van der Waals surface area contributed by atoms with E-state index in [1.807, 2.05) is 41.9 Å². The monoisotopic (exact) mass is 362 g/mol. The van der Waals surface area contributed by atoms with Crippen LogP contribution in [0.5, 0.6) is 0 Å². The van der Waals surface area contributed by atoms with Gasteiger partial charge in [0.15, 0.2) is 0 Å². The van der Waals surface area contributed by atoms with Crippen LogP contribution in [0.4, 0.5) is 0 Å². The number of pyridine rings is 1. The van der Waals surface area contributed by atoms with Crippen LogP contribution < -0.4 is 5.32 Å². The van der Waals surface area contributed by atoms with Gasteiger partial charge in [0.2, 0.25) is 0 Å². The van der Waals surface area contributed by atoms with Gasteiger partial charge in [0.25, 0.3) is 5.91 Å². The summed E-state index contributed by atoms with van der Waals surface area (Å²) < 4.78 is 1.87. The normalized spacial score (nSPS) is 11.0. The number of nitrogens with one attached hydrogen (secondary N) is 1. The number of carbonyl (C=O) groups excluding carboxylic acids is 1. The summed E-state index contributed by atoms with van der Waals surface area (Å²) in [6.07, 6.45) is 2.48. The van der Waals surface area contributed by atoms with Gasteiger partial charge in [-0.25, -0.2) is 4.68 Å². The highest BCUT2D eigenvalue weighted by atomic mass is 16.1. The van der Waals surface area contributed by atoms with Crippen molar-refractivity contribution in [2.75, 3.05) is 0 Å². The number of rotatable bonds is 6. The Balaban J connectivity index is 1.92. The van der Waals surface area contributed by atoms with Crippen molar-refractivity contribution in [3.63, 3.8) is 0 Å². The molecule has 2 heterocycles. The lowest BCUT2D eigenvalue weighted by molar-refractivity contribution is 0.0948. The first-order chi connectivity index (χ1) is 13.0. The molecule has 2 aromatic heterocycles. The average Bonchev–Trinajstić information content (AvgIpc) is 2.96. The molecule has 27 heavy (non-hydrogen) atoms. The van der Waals surface area contributed by atoms with Crippen molar-refractivity contribution in [3.05, 3.63) is 76.9 Å². The standard InChI is InChI=1S/C22H26N4O/c1-15(2)13-20-21(22(27)24-14-18-7-5-6-12-23-18)17(4)26(25-20)19-10-8-16(3)9-11-19/h5-12,15H,13-14H2,1-4H3,(H,24,27). The maximum absolute atomic E-state index is 12.9. The second kappa shape index (κ2) is 8.16. The van der Waals surface area contributed by atoms with E-state index in [4.69, 9.17) is 5.10 Å². The van der Waals surface area contributed by atoms with Gasteiger partial charge < -0.3 is 5.32 Å². The Hall–Kier alpha value is -2.95. The van der Waals surface area contributed by atoms with Crippen LogP contribution in [0.3, 0.4) is 0 Å². The third-order valence-corrected chi connectivity index (χ3v) is 4.45. The van der Waals surface area contributed by atoms with Crippen molar-refractivity contribution in [2.24, 2.45) is 5.92 Å². The largest absolute Gasteiger partial charge is 0.346 e. The Morgan fingerprint density at radius 1 is 1.11 bits per heavy atom. The van der Waals surface area contributed by atoms with E-state index in [1.54, 1.807) is 6.20 Å². The van der Waals surface area contributed by atoms with Crippen molar-refractivity contribution in [1.29, 1.82) is 0 Å². The zero-order valence-electron chi connectivity index (χ0n) is 16.4. The van der Waals surface area contributed by atoms with Crippen LogP contribution in [0.15, 0.2) is 48.7 Å². The Labute approximate surface area is 160 Å². The van der Waals surface area contributed by atoms with Crippen LogP contribution in [0, 0.1) is 19.8 Å². The lowest BCUT2D eigenvalue weighted by Crippen LogP contribution is -2.25. The summed E-state index contributed by atoms with van der Waals surface area (Å²) >= 11 is 0. The molecule has 0 fully saturated rings. The fourth-order valence-electron chi connectivity index (χ4n) is 3.08. The van der Waals surface area contributed by atoms with Crippen LogP contribution in [0.1, 0.15) is 46.9 Å². The molecule has 0 radical (unpaired) electrons. The highest BCUT2D eigenvalue weighted by Gasteiger charge is 2.22. The zero-order valence-corrected chi connectivity index (χ0v) is 16.4. The van der Waals surface area contributed by atoms with E-state index in [2.05, 4.69) is 43.2 Å². The van der Waals surface area contributed by atoms with Crippen LogP contribution in [-0.2, 0) is 13.0 Å². The predicted molar refractivity (Wildman–Crippen MR) is 107 cm³/mol. The molecule has 0 atom stereocenters. The fourth-order valence-corrected chi connectivity index (χ4v) is 3.08. The van der Waals surface area contributed by atoms with E-state index in [0.29, 0.717) is 18.0 Å². The summed E-state index contributed by atoms with van der Waals surface area (Å²) in [7, 11) is 0. The van der Waals surface area contributed by atoms with Crippen molar-refractivity contribution in [2.45, 2.75) is 40.7 Å². The van der Waals surface area contributed by atoms with Crippen LogP contribution in [-0.4, -0.2) is 20.7 Å². The molecule has 0 aliphatic rings. The molecule has 0 aliphatic carbocycles. The van der Waals surface area contributed by atoms with Crippen molar-refractivity contribution < 1.29 is 4.79 Å². The summed E-state index contributed by atoms with van der Waals surface area (Å²) in [5.74, 6) is 0.306. The van der Waals surface area contributed by atoms with Crippen LogP contribution >= 0.6 is 0 Å². The van der Waals surface area contributed by atoms with E-state index >= 15 is 0 Å². The molecule has 0 unspecified atom stereocenters. The highest BCUT2D eigenvalue weighted by Crippen LogP contribution is 2.21. The first-order valence-corrected chi connectivity index (χ1v) is 9.29. The maximum atomic E-state index is 12.9. The minimum atomic E-state index is -0.104. The first kappa shape index (κ1) is 18.8. The molecule has 3 aromatic rings. The minimum Gasteiger partial charge on any atom is -0.346 e. The smallest absolute Gasteiger partial charge is 0.255 e. The molecule has 1 N–H and O–H groups in total. The molecule has 0 aliphatic heterocycles. The molecule has 1 aromatic carbocycles. The van der Waals surface area contributed by atoms with Gasteiger partial charge in [-0.1, -0.05) is 37.6 Å². The third kappa shape index (κ3) is 4.42. The van der Waals surface area contributed by atoms with Gasteiger partial charge in [-0.15, -0.1) is 0 Å². The molecule has 0 saturated heterocycles. The summed E-state index contributed by atoms with van der Waals surface area (Å²) in [6.45, 7) is 8.67. The lowest BCUT2D eigenvalue weighted by Gasteiger charge is -2.08. The second-order valence-corrected chi connectivity index (χ2v) is 7.26. The summed E-state index contributed by atoms with van der Waals surface area (Å²) in [4.78, 5) is 17.2. The van der Waals surface area contributed by atoms with Gasteiger partial charge in [0.1, 0.15) is 0 Å². The fraction of sp³-hybridized carbons (Fsp3) is 0.318. The van der Waals surface area contributed by atoms with Gasteiger partial charge in [-0.05, 0) is 50.5 Å². The Morgan fingerprint density at radius 3 is 2.48 bits per heavy atom. The van der Waals surface area contributed by atoms with E-state index in [0.717, 1.165) is 29.2 Å². The van der Waals surface area contributed by atoms with E-state index < -0.39 is 0 Å². The quantitative estimate of drug-likeness (QED) is 0.721. The van der Waals surface area contributed by atoms with Gasteiger partial charge in [0, 0.05) is 6.20 Å². The van der Waals surface area contributed by atoms with Crippen molar-refractivity contribution in [3.8, 4) is 5.69 Å². The Morgan fingerprint density at radius 2 is 1.85 bits per heavy atom. The van der Waals surface area contributed by atoms with Gasteiger partial charge in [-0.2, -0.15) is 5.10 Å². The number of aromatic nitrogens is 3. The molecular weight excluding hydrogens is 336 g/mol. The predicted octanol–water partition coefficient (Wildman–Crippen LogP) is 4.01. The molecule has 5 nitrogen and oxygen atoms in total. The molecule has 5 heteroatoms. The van der Waals surface area contributed by atoms with Crippen LogP contribution in [0.25, 0.3) is 5.69 Å². The number of hydrogen-bond acceptors (Lipinski definition) is 3. The number of aryl methyl sites for hydroxylation is 1. The minimum absolute atomic E-state index is 0.104. The number of benzene rings is 1. The topological polar surface area (TPSA) is 59.8 Å². The highest BCUT2D eigenvalue weighted by molar-refractivity contribution is 5.96. The lowest BCUT2D eigenvalue weighted by atomic mass is 10.0. The van der Waals surface area contributed by atoms with E-state index in [9.17, 15) is 4.79 Å². The molecular formula is C22H26N4O. The summed E-state index contributed by atoms with van der Waals surface area (Å²) in [6, 6.07) is 13.9. The maximum Gasteiger partial charge on any atom is 0.255 e. The van der Waals surface area contributed by atoms with Crippen molar-refractivity contribution >= 4 is 5.91 Å². The summed E-state index contributed by atoms with van der Waals surface area (Å²) in [5, 5.41) is 7.75. The number of nitrogens with zero attached hydrogens (tertiary/aromatic N) is 3. The summed E-state index contributed by atoms with van der Waals surface area (Å²) in [5.41, 5.74) is 5.35. The first-order valence-electron chi connectivity index (χ1n) is 9.29. The van der Waals surface area contributed by atoms with Gasteiger partial charge in [-0.3, -0.25) is 9.78 Å². The number of carbonyl (C=O) groups is 1. The molecule has 0 saturated carbocycles. The molecule has 0 bridgehead atoms. The van der Waals surface area contributed by atoms with Gasteiger partial charge >= 0.3 is 0 Å². The molecule has 1 amide bonds. The third-order valence-electron chi connectivity index (χ3n) is 4.45. The SMILES string of the molecule is Cc1ccc(-n2nc(CC(C)C)c(C(=O)NCc3ccccn3)c2C)cc1. The van der Waals surface area contributed by atoms with E-state index in [-0.39, 0.29) is 5.91 Å². The van der Waals surface area contributed by atoms with Crippen molar-refractivity contribution in [1.82, 2.24) is 20.1 Å². The number of hydrogen-bond donors (Lipinski definition) is 1. The molecule has 0 spiro atoms. The van der Waals surface area contributed by atoms with E-state index in [1.165, 1.54) is 5.56 Å². The number of amides is 1. The molecule has 140 valence electrons.